The molecule has 0 spiro atoms. The fraction of sp³-hybridized carbons (Fsp3) is 0. The highest BCUT2D eigenvalue weighted by molar-refractivity contribution is 6.38. The Kier molecular flexibility index (Phi) is 2.01. The lowest BCUT2D eigenvalue weighted by Gasteiger charge is -2.13. The summed E-state index contributed by atoms with van der Waals surface area (Å²) >= 11 is 5.72. The number of hydrogen-bond acceptors (Lipinski definition) is 4. The Morgan fingerprint density at radius 2 is 1.73 bits per heavy atom. The van der Waals surface area contributed by atoms with E-state index in [1.54, 1.807) is 0 Å². The van der Waals surface area contributed by atoms with Gasteiger partial charge >= 0.3 is 0 Å². The van der Waals surface area contributed by atoms with Crippen molar-refractivity contribution >= 4 is 23.2 Å². The highest BCUT2D eigenvalue weighted by Crippen LogP contribution is 2.32. The number of phenolic OH excluding ortho intramolecular Hbond substituents is 1. The van der Waals surface area contributed by atoms with Gasteiger partial charge in [0.25, 0.3) is 0 Å². The molecule has 1 aliphatic carbocycles. The number of aliphatic hydroxyl groups is 1. The highest BCUT2D eigenvalue weighted by atomic mass is 35.5. The normalized spacial score (nSPS) is 14.9. The monoisotopic (exact) mass is 224 g/mol. The number of phenols is 1. The van der Waals surface area contributed by atoms with Gasteiger partial charge in [-0.3, -0.25) is 9.59 Å². The van der Waals surface area contributed by atoms with Crippen LogP contribution in [0.1, 0.15) is 20.7 Å². The average Bonchev–Trinajstić information content (AvgIpc) is 2.18. The maximum Gasteiger partial charge on any atom is 0.229 e. The van der Waals surface area contributed by atoms with Crippen molar-refractivity contribution in [2.45, 2.75) is 0 Å². The third kappa shape index (κ3) is 1.30. The van der Waals surface area contributed by atoms with Gasteiger partial charge in [-0.25, -0.2) is 0 Å². The molecule has 1 aromatic rings. The van der Waals surface area contributed by atoms with Crippen LogP contribution in [0.3, 0.4) is 0 Å². The molecule has 15 heavy (non-hydrogen) atoms. The third-order valence-corrected chi connectivity index (χ3v) is 2.42. The van der Waals surface area contributed by atoms with E-state index in [2.05, 4.69) is 0 Å². The first-order valence-electron chi connectivity index (χ1n) is 4.03. The summed E-state index contributed by atoms with van der Waals surface area (Å²) < 4.78 is 0. The van der Waals surface area contributed by atoms with Crippen LogP contribution in [0.4, 0.5) is 0 Å². The summed E-state index contributed by atoms with van der Waals surface area (Å²) in [6.45, 7) is 0. The van der Waals surface area contributed by atoms with Crippen molar-refractivity contribution in [2.75, 3.05) is 0 Å². The number of carbonyl (C=O) groups is 2. The van der Waals surface area contributed by atoms with Crippen LogP contribution in [-0.4, -0.2) is 21.8 Å². The summed E-state index contributed by atoms with van der Waals surface area (Å²) in [5, 5.41) is 18.6. The van der Waals surface area contributed by atoms with Crippen LogP contribution in [0.5, 0.6) is 5.75 Å². The predicted octanol–water partition coefficient (Wildman–Crippen LogP) is 1.87. The van der Waals surface area contributed by atoms with Crippen molar-refractivity contribution < 1.29 is 19.8 Å². The van der Waals surface area contributed by atoms with Crippen molar-refractivity contribution in [3.8, 4) is 5.75 Å². The molecule has 5 heteroatoms. The number of hydrogen-bond donors (Lipinski definition) is 2. The topological polar surface area (TPSA) is 74.6 Å². The highest BCUT2D eigenvalue weighted by Gasteiger charge is 2.30. The summed E-state index contributed by atoms with van der Waals surface area (Å²) in [7, 11) is 0. The first-order chi connectivity index (χ1) is 7.02. The first kappa shape index (κ1) is 9.73. The molecule has 0 heterocycles. The lowest BCUT2D eigenvalue weighted by molar-refractivity contribution is 0.0937. The zero-order valence-electron chi connectivity index (χ0n) is 7.32. The SMILES string of the molecule is O=C1C=C(O)C(=O)c2c(Cl)ccc(O)c21. The maximum absolute atomic E-state index is 11.5. The molecule has 0 bridgehead atoms. The minimum Gasteiger partial charge on any atom is -0.507 e. The molecule has 0 atom stereocenters. The van der Waals surface area contributed by atoms with Gasteiger partial charge in [0.15, 0.2) is 11.5 Å². The minimum atomic E-state index is -0.759. The molecule has 2 N–H and O–H groups in total. The smallest absolute Gasteiger partial charge is 0.229 e. The van der Waals surface area contributed by atoms with E-state index in [1.807, 2.05) is 0 Å². The number of aromatic hydroxyl groups is 1. The summed E-state index contributed by atoms with van der Waals surface area (Å²) in [6, 6.07) is 2.52. The first-order valence-corrected chi connectivity index (χ1v) is 4.41. The fourth-order valence-corrected chi connectivity index (χ4v) is 1.67. The van der Waals surface area contributed by atoms with E-state index in [0.717, 1.165) is 6.08 Å². The number of halogens is 1. The Morgan fingerprint density at radius 1 is 1.07 bits per heavy atom. The van der Waals surface area contributed by atoms with Crippen LogP contribution < -0.4 is 0 Å². The van der Waals surface area contributed by atoms with E-state index in [1.165, 1.54) is 12.1 Å². The van der Waals surface area contributed by atoms with Crippen molar-refractivity contribution in [3.63, 3.8) is 0 Å². The van der Waals surface area contributed by atoms with Gasteiger partial charge < -0.3 is 10.2 Å². The molecule has 0 unspecified atom stereocenters. The second-order valence-corrected chi connectivity index (χ2v) is 3.45. The molecule has 1 aliphatic rings. The summed E-state index contributed by atoms with van der Waals surface area (Å²) in [5.74, 6) is -2.39. The van der Waals surface area contributed by atoms with Crippen LogP contribution in [0.2, 0.25) is 5.02 Å². The number of benzene rings is 1. The van der Waals surface area contributed by atoms with E-state index in [9.17, 15) is 14.7 Å². The van der Waals surface area contributed by atoms with Gasteiger partial charge in [-0.05, 0) is 12.1 Å². The Morgan fingerprint density at radius 3 is 2.40 bits per heavy atom. The molecule has 0 aromatic heterocycles. The lowest BCUT2D eigenvalue weighted by atomic mass is 9.93. The molecule has 2 rings (SSSR count). The quantitative estimate of drug-likeness (QED) is 0.705. The van der Waals surface area contributed by atoms with Gasteiger partial charge in [0.05, 0.1) is 16.1 Å². The fourth-order valence-electron chi connectivity index (χ4n) is 1.43. The van der Waals surface area contributed by atoms with Crippen LogP contribution in [0.25, 0.3) is 0 Å². The molecule has 76 valence electrons. The number of aliphatic hydroxyl groups excluding tert-OH is 1. The number of fused-ring (bicyclic) bond motifs is 1. The van der Waals surface area contributed by atoms with Crippen LogP contribution in [0.15, 0.2) is 24.0 Å². The van der Waals surface area contributed by atoms with Gasteiger partial charge in [-0.15, -0.1) is 0 Å². The Hall–Kier alpha value is -1.81. The molecular formula is C10H5ClO4. The molecule has 4 nitrogen and oxygen atoms in total. The minimum absolute atomic E-state index is 0.0285. The Labute approximate surface area is 89.4 Å². The summed E-state index contributed by atoms with van der Waals surface area (Å²) in [5.41, 5.74) is -0.313. The molecule has 0 saturated heterocycles. The molecule has 0 amide bonds. The molecule has 0 aliphatic heterocycles. The Balaban J connectivity index is 2.82. The van der Waals surface area contributed by atoms with Crippen LogP contribution in [-0.2, 0) is 0 Å². The van der Waals surface area contributed by atoms with E-state index in [4.69, 9.17) is 16.7 Å². The van der Waals surface area contributed by atoms with Crippen molar-refractivity contribution in [1.29, 1.82) is 0 Å². The van der Waals surface area contributed by atoms with Crippen LogP contribution >= 0.6 is 11.6 Å². The summed E-state index contributed by atoms with van der Waals surface area (Å²) in [4.78, 5) is 22.9. The number of ketones is 2. The van der Waals surface area contributed by atoms with Gasteiger partial charge in [0.2, 0.25) is 5.78 Å². The molecule has 0 radical (unpaired) electrons. The third-order valence-electron chi connectivity index (χ3n) is 2.11. The number of carbonyl (C=O) groups excluding carboxylic acids is 2. The standard InChI is InChI=1S/C10H5ClO4/c11-4-1-2-5(12)9-6(13)3-7(14)10(15)8(4)9/h1-3,12,14H. The predicted molar refractivity (Wildman–Crippen MR) is 52.5 cm³/mol. The zero-order valence-corrected chi connectivity index (χ0v) is 8.08. The number of rotatable bonds is 0. The van der Waals surface area contributed by atoms with E-state index in [-0.39, 0.29) is 21.9 Å². The van der Waals surface area contributed by atoms with Crippen molar-refractivity contribution in [1.82, 2.24) is 0 Å². The number of allylic oxidation sites excluding steroid dienone is 2. The van der Waals surface area contributed by atoms with E-state index >= 15 is 0 Å². The molecule has 1 aromatic carbocycles. The second kappa shape index (κ2) is 3.10. The van der Waals surface area contributed by atoms with Crippen molar-refractivity contribution in [2.24, 2.45) is 0 Å². The van der Waals surface area contributed by atoms with E-state index < -0.39 is 17.3 Å². The number of Topliss-reactive ketones (excluding diaryl/α,β-unsaturated/α-hetero) is 1. The molecule has 0 saturated carbocycles. The molecular weight excluding hydrogens is 220 g/mol. The largest absolute Gasteiger partial charge is 0.507 e. The molecule has 0 fully saturated rings. The lowest BCUT2D eigenvalue weighted by Crippen LogP contribution is -2.17. The maximum atomic E-state index is 11.5. The Bertz CT molecular complexity index is 516. The van der Waals surface area contributed by atoms with Crippen LogP contribution in [0, 0.1) is 0 Å². The van der Waals surface area contributed by atoms with Gasteiger partial charge in [0, 0.05) is 6.08 Å². The van der Waals surface area contributed by atoms with Gasteiger partial charge in [0.1, 0.15) is 5.75 Å². The van der Waals surface area contributed by atoms with E-state index in [0.29, 0.717) is 0 Å². The van der Waals surface area contributed by atoms with Gasteiger partial charge in [-0.2, -0.15) is 0 Å². The summed E-state index contributed by atoms with van der Waals surface area (Å²) in [6.07, 6.45) is 0.765. The van der Waals surface area contributed by atoms with Crippen molar-refractivity contribution in [3.05, 3.63) is 40.1 Å². The average molecular weight is 225 g/mol. The zero-order chi connectivity index (χ0) is 11.2. The second-order valence-electron chi connectivity index (χ2n) is 3.04. The van der Waals surface area contributed by atoms with Gasteiger partial charge in [-0.1, -0.05) is 11.6 Å².